The zero-order chi connectivity index (χ0) is 15.2. The molecule has 8 nitrogen and oxygen atoms in total. The highest BCUT2D eigenvalue weighted by Crippen LogP contribution is 2.10. The van der Waals surface area contributed by atoms with Gasteiger partial charge in [0.1, 0.15) is 5.69 Å². The van der Waals surface area contributed by atoms with Crippen molar-refractivity contribution in [2.45, 2.75) is 25.8 Å². The van der Waals surface area contributed by atoms with Gasteiger partial charge in [0, 0.05) is 25.7 Å². The molecule has 0 spiro atoms. The quantitative estimate of drug-likeness (QED) is 0.710. The van der Waals surface area contributed by atoms with Gasteiger partial charge in [0.05, 0.1) is 12.4 Å². The molecule has 1 fully saturated rings. The maximum atomic E-state index is 12.0. The molecule has 1 saturated heterocycles. The van der Waals surface area contributed by atoms with Crippen molar-refractivity contribution in [2.75, 3.05) is 19.6 Å². The number of amides is 3. The highest BCUT2D eigenvalue weighted by atomic mass is 16.2. The molecule has 21 heavy (non-hydrogen) atoms. The summed E-state index contributed by atoms with van der Waals surface area (Å²) < 4.78 is 0. The van der Waals surface area contributed by atoms with E-state index in [9.17, 15) is 14.4 Å². The predicted octanol–water partition coefficient (Wildman–Crippen LogP) is -0.306. The Bertz CT molecular complexity index is 563. The van der Waals surface area contributed by atoms with Gasteiger partial charge in [-0.3, -0.25) is 14.6 Å². The van der Waals surface area contributed by atoms with E-state index in [-0.39, 0.29) is 23.7 Å². The normalized spacial score (nSPS) is 15.6. The Kier molecular flexibility index (Phi) is 4.91. The number of aromatic nitrogens is 2. The minimum absolute atomic E-state index is 0.00751. The van der Waals surface area contributed by atoms with E-state index in [1.807, 2.05) is 6.92 Å². The van der Waals surface area contributed by atoms with Crippen LogP contribution in [0.5, 0.6) is 0 Å². The molecular weight excluding hydrogens is 274 g/mol. The number of urea groups is 1. The summed E-state index contributed by atoms with van der Waals surface area (Å²) in [5, 5.41) is 5.60. The minimum atomic E-state index is -0.409. The van der Waals surface area contributed by atoms with Crippen molar-refractivity contribution in [3.63, 3.8) is 0 Å². The Labute approximate surface area is 121 Å². The van der Waals surface area contributed by atoms with Crippen LogP contribution in [0.1, 0.15) is 30.3 Å². The molecule has 114 valence electrons. The van der Waals surface area contributed by atoms with E-state index in [4.69, 9.17) is 0 Å². The first-order valence-corrected chi connectivity index (χ1v) is 6.98. The van der Waals surface area contributed by atoms with Crippen LogP contribution in [0.4, 0.5) is 4.79 Å². The number of hydrogen-bond donors (Lipinski definition) is 3. The number of H-pyrrole nitrogens is 1. The molecule has 1 aromatic rings. The summed E-state index contributed by atoms with van der Waals surface area (Å²) in [5.74, 6) is -0.350. The van der Waals surface area contributed by atoms with Gasteiger partial charge in [-0.1, -0.05) is 0 Å². The van der Waals surface area contributed by atoms with Gasteiger partial charge < -0.3 is 20.5 Å². The zero-order valence-electron chi connectivity index (χ0n) is 11.9. The molecule has 1 aliphatic heterocycles. The second-order valence-electron chi connectivity index (χ2n) is 4.88. The van der Waals surface area contributed by atoms with Crippen LogP contribution in [0.15, 0.2) is 17.2 Å². The number of piperidine rings is 1. The van der Waals surface area contributed by atoms with Crippen LogP contribution in [-0.4, -0.2) is 52.5 Å². The lowest BCUT2D eigenvalue weighted by atomic mass is 10.1. The fourth-order valence-corrected chi connectivity index (χ4v) is 2.25. The minimum Gasteiger partial charge on any atom is -0.348 e. The van der Waals surface area contributed by atoms with Crippen molar-refractivity contribution in [3.8, 4) is 0 Å². The van der Waals surface area contributed by atoms with E-state index in [0.717, 1.165) is 6.20 Å². The predicted molar refractivity (Wildman–Crippen MR) is 76.0 cm³/mol. The van der Waals surface area contributed by atoms with Gasteiger partial charge in [-0.25, -0.2) is 4.79 Å². The molecule has 0 radical (unpaired) electrons. The summed E-state index contributed by atoms with van der Waals surface area (Å²) in [6.07, 6.45) is 3.81. The first-order chi connectivity index (χ1) is 10.1. The summed E-state index contributed by atoms with van der Waals surface area (Å²) >= 11 is 0. The monoisotopic (exact) mass is 293 g/mol. The smallest absolute Gasteiger partial charge is 0.317 e. The van der Waals surface area contributed by atoms with Crippen molar-refractivity contribution in [2.24, 2.45) is 0 Å². The van der Waals surface area contributed by atoms with Gasteiger partial charge in [-0.2, -0.15) is 0 Å². The van der Waals surface area contributed by atoms with E-state index < -0.39 is 5.56 Å². The van der Waals surface area contributed by atoms with Crippen LogP contribution in [0.2, 0.25) is 0 Å². The summed E-state index contributed by atoms with van der Waals surface area (Å²) in [6, 6.07) is -0.0780. The molecule has 0 bridgehead atoms. The molecule has 1 aromatic heterocycles. The number of aromatic amines is 1. The highest BCUT2D eigenvalue weighted by Gasteiger charge is 2.24. The molecule has 1 aliphatic rings. The van der Waals surface area contributed by atoms with Crippen molar-refractivity contribution in [1.29, 1.82) is 0 Å². The molecule has 0 aliphatic carbocycles. The van der Waals surface area contributed by atoms with Gasteiger partial charge in [0.25, 0.3) is 11.5 Å². The Morgan fingerprint density at radius 3 is 2.71 bits per heavy atom. The largest absolute Gasteiger partial charge is 0.348 e. The van der Waals surface area contributed by atoms with Crippen molar-refractivity contribution in [1.82, 2.24) is 25.5 Å². The summed E-state index contributed by atoms with van der Waals surface area (Å²) in [7, 11) is 0. The molecule has 3 N–H and O–H groups in total. The molecular formula is C13H19N5O3. The second kappa shape index (κ2) is 6.87. The van der Waals surface area contributed by atoms with Crippen LogP contribution >= 0.6 is 0 Å². The summed E-state index contributed by atoms with van der Waals surface area (Å²) in [5.41, 5.74) is -0.262. The average Bonchev–Trinajstić information content (AvgIpc) is 2.48. The average molecular weight is 293 g/mol. The zero-order valence-corrected chi connectivity index (χ0v) is 11.9. The molecule has 0 saturated carbocycles. The lowest BCUT2D eigenvalue weighted by Gasteiger charge is -2.32. The van der Waals surface area contributed by atoms with Gasteiger partial charge in [0.15, 0.2) is 0 Å². The van der Waals surface area contributed by atoms with Crippen LogP contribution < -0.4 is 16.2 Å². The SMILES string of the molecule is CCNC(=O)N1CCC(NC(=O)c2cncc(=O)[nH]2)CC1. The number of rotatable bonds is 3. The molecule has 0 unspecified atom stereocenters. The highest BCUT2D eigenvalue weighted by molar-refractivity contribution is 5.92. The Balaban J connectivity index is 1.85. The number of likely N-dealkylation sites (tertiary alicyclic amines) is 1. The first-order valence-electron chi connectivity index (χ1n) is 6.98. The third kappa shape index (κ3) is 4.04. The number of carbonyl (C=O) groups excluding carboxylic acids is 2. The fourth-order valence-electron chi connectivity index (χ4n) is 2.25. The lowest BCUT2D eigenvalue weighted by molar-refractivity contribution is 0.0912. The van der Waals surface area contributed by atoms with Gasteiger partial charge in [-0.05, 0) is 19.8 Å². The molecule has 3 amide bonds. The maximum absolute atomic E-state index is 12.0. The van der Waals surface area contributed by atoms with Crippen molar-refractivity contribution in [3.05, 3.63) is 28.4 Å². The van der Waals surface area contributed by atoms with E-state index >= 15 is 0 Å². The Morgan fingerprint density at radius 2 is 2.10 bits per heavy atom. The van der Waals surface area contributed by atoms with Crippen molar-refractivity contribution >= 4 is 11.9 Å². The number of hydrogen-bond acceptors (Lipinski definition) is 4. The van der Waals surface area contributed by atoms with Gasteiger partial charge >= 0.3 is 6.03 Å². The van der Waals surface area contributed by atoms with E-state index in [1.54, 1.807) is 4.90 Å². The fraction of sp³-hybridized carbons (Fsp3) is 0.538. The lowest BCUT2D eigenvalue weighted by Crippen LogP contribution is -2.49. The molecule has 8 heteroatoms. The third-order valence-electron chi connectivity index (χ3n) is 3.34. The number of carbonyl (C=O) groups is 2. The molecule has 2 heterocycles. The van der Waals surface area contributed by atoms with Crippen molar-refractivity contribution < 1.29 is 9.59 Å². The van der Waals surface area contributed by atoms with Gasteiger partial charge in [0.2, 0.25) is 0 Å². The summed E-state index contributed by atoms with van der Waals surface area (Å²) in [4.78, 5) is 42.6. The van der Waals surface area contributed by atoms with Gasteiger partial charge in [-0.15, -0.1) is 0 Å². The van der Waals surface area contributed by atoms with E-state index in [2.05, 4.69) is 20.6 Å². The van der Waals surface area contributed by atoms with Crippen LogP contribution in [0.25, 0.3) is 0 Å². The Morgan fingerprint density at radius 1 is 1.38 bits per heavy atom. The summed E-state index contributed by atoms with van der Waals surface area (Å²) in [6.45, 7) is 3.67. The second-order valence-corrected chi connectivity index (χ2v) is 4.88. The van der Waals surface area contributed by atoms with E-state index in [1.165, 1.54) is 6.20 Å². The first kappa shape index (κ1) is 15.0. The third-order valence-corrected chi connectivity index (χ3v) is 3.34. The Hall–Kier alpha value is -2.38. The maximum Gasteiger partial charge on any atom is 0.317 e. The standard InChI is InChI=1S/C13H19N5O3/c1-2-15-13(21)18-5-3-9(4-6-18)16-12(20)10-7-14-8-11(19)17-10/h7-9H,2-6H2,1H3,(H,15,21)(H,16,20)(H,17,19). The molecule has 2 rings (SSSR count). The van der Waals surface area contributed by atoms with Crippen LogP contribution in [-0.2, 0) is 0 Å². The van der Waals surface area contributed by atoms with Crippen LogP contribution in [0, 0.1) is 0 Å². The topological polar surface area (TPSA) is 107 Å². The molecule has 0 atom stereocenters. The van der Waals surface area contributed by atoms with Crippen LogP contribution in [0.3, 0.4) is 0 Å². The number of nitrogens with one attached hydrogen (secondary N) is 3. The van der Waals surface area contributed by atoms with E-state index in [0.29, 0.717) is 32.5 Å². The number of nitrogens with zero attached hydrogens (tertiary/aromatic N) is 2. The molecule has 0 aromatic carbocycles.